The first kappa shape index (κ1) is 14.8. The monoisotopic (exact) mass is 266 g/mol. The summed E-state index contributed by atoms with van der Waals surface area (Å²) in [6.07, 6.45) is 9.13. The van der Waals surface area contributed by atoms with Gasteiger partial charge in [-0.05, 0) is 31.1 Å². The van der Waals surface area contributed by atoms with Crippen molar-refractivity contribution in [2.45, 2.75) is 65.2 Å². The lowest BCUT2D eigenvalue weighted by Gasteiger charge is -2.44. The van der Waals surface area contributed by atoms with Gasteiger partial charge in [-0.3, -0.25) is 4.79 Å². The molecule has 1 saturated carbocycles. The molecule has 110 valence electrons. The highest BCUT2D eigenvalue weighted by Gasteiger charge is 2.42. The highest BCUT2D eigenvalue weighted by molar-refractivity contribution is 5.83. The number of nitrogens with zero attached hydrogens (tertiary/aromatic N) is 1. The standard InChI is InChI=1S/C16H30N2O/c1-3-15(2)9-11-18(12-10-15)14(19)16(13-17)7-5-4-6-8-16/h3-13,17H2,1-2H3. The third-order valence-electron chi connectivity index (χ3n) is 5.77. The van der Waals surface area contributed by atoms with Crippen LogP contribution in [0.5, 0.6) is 0 Å². The second-order valence-corrected chi connectivity index (χ2v) is 7.00. The van der Waals surface area contributed by atoms with E-state index in [1.165, 1.54) is 25.7 Å². The zero-order valence-electron chi connectivity index (χ0n) is 12.7. The minimum Gasteiger partial charge on any atom is -0.342 e. The van der Waals surface area contributed by atoms with E-state index in [1.54, 1.807) is 0 Å². The van der Waals surface area contributed by atoms with Crippen molar-refractivity contribution in [1.82, 2.24) is 4.90 Å². The molecule has 0 aromatic carbocycles. The van der Waals surface area contributed by atoms with E-state index < -0.39 is 0 Å². The summed E-state index contributed by atoms with van der Waals surface area (Å²) < 4.78 is 0. The van der Waals surface area contributed by atoms with Gasteiger partial charge in [-0.1, -0.05) is 39.5 Å². The molecule has 1 saturated heterocycles. The molecule has 0 spiro atoms. The van der Waals surface area contributed by atoms with Crippen LogP contribution in [0.3, 0.4) is 0 Å². The topological polar surface area (TPSA) is 46.3 Å². The number of hydrogen-bond donors (Lipinski definition) is 1. The lowest BCUT2D eigenvalue weighted by molar-refractivity contribution is -0.146. The molecule has 2 aliphatic rings. The Kier molecular flexibility index (Phi) is 4.54. The van der Waals surface area contributed by atoms with Crippen molar-refractivity contribution in [3.63, 3.8) is 0 Å². The van der Waals surface area contributed by atoms with Crippen LogP contribution < -0.4 is 5.73 Å². The molecule has 3 nitrogen and oxygen atoms in total. The first-order valence-electron chi connectivity index (χ1n) is 8.05. The fourth-order valence-electron chi connectivity index (χ4n) is 3.67. The molecule has 0 unspecified atom stereocenters. The summed E-state index contributed by atoms with van der Waals surface area (Å²) in [6, 6.07) is 0. The summed E-state index contributed by atoms with van der Waals surface area (Å²) in [4.78, 5) is 15.0. The molecular formula is C16H30N2O. The second kappa shape index (κ2) is 5.82. The lowest BCUT2D eigenvalue weighted by atomic mass is 9.72. The van der Waals surface area contributed by atoms with Crippen molar-refractivity contribution in [3.05, 3.63) is 0 Å². The number of amides is 1. The Morgan fingerprint density at radius 2 is 1.68 bits per heavy atom. The predicted octanol–water partition coefficient (Wildman–Crippen LogP) is 2.93. The highest BCUT2D eigenvalue weighted by atomic mass is 16.2. The zero-order chi connectivity index (χ0) is 13.9. The van der Waals surface area contributed by atoms with Crippen LogP contribution in [0.1, 0.15) is 65.2 Å². The molecule has 0 atom stereocenters. The van der Waals surface area contributed by atoms with Crippen LogP contribution in [-0.2, 0) is 4.79 Å². The van der Waals surface area contributed by atoms with Gasteiger partial charge in [0.15, 0.2) is 0 Å². The number of carbonyl (C=O) groups is 1. The van der Waals surface area contributed by atoms with Crippen molar-refractivity contribution >= 4 is 5.91 Å². The number of piperidine rings is 1. The van der Waals surface area contributed by atoms with Crippen molar-refractivity contribution in [1.29, 1.82) is 0 Å². The van der Waals surface area contributed by atoms with Gasteiger partial charge in [-0.25, -0.2) is 0 Å². The van der Waals surface area contributed by atoms with E-state index in [1.807, 2.05) is 0 Å². The zero-order valence-corrected chi connectivity index (χ0v) is 12.7. The van der Waals surface area contributed by atoms with Crippen LogP contribution in [0.25, 0.3) is 0 Å². The molecule has 2 N–H and O–H groups in total. The fourth-order valence-corrected chi connectivity index (χ4v) is 3.67. The van der Waals surface area contributed by atoms with Crippen LogP contribution >= 0.6 is 0 Å². The smallest absolute Gasteiger partial charge is 0.230 e. The van der Waals surface area contributed by atoms with Gasteiger partial charge in [0.1, 0.15) is 0 Å². The van der Waals surface area contributed by atoms with Crippen molar-refractivity contribution < 1.29 is 4.79 Å². The Balaban J connectivity index is 2.00. The molecule has 1 amide bonds. The summed E-state index contributed by atoms with van der Waals surface area (Å²) in [5.41, 5.74) is 6.20. The summed E-state index contributed by atoms with van der Waals surface area (Å²) >= 11 is 0. The molecule has 1 aliphatic carbocycles. The van der Waals surface area contributed by atoms with Gasteiger partial charge in [0.2, 0.25) is 5.91 Å². The second-order valence-electron chi connectivity index (χ2n) is 7.00. The van der Waals surface area contributed by atoms with E-state index in [2.05, 4.69) is 18.7 Å². The van der Waals surface area contributed by atoms with Gasteiger partial charge in [0.25, 0.3) is 0 Å². The van der Waals surface area contributed by atoms with Crippen molar-refractivity contribution in [3.8, 4) is 0 Å². The number of likely N-dealkylation sites (tertiary alicyclic amines) is 1. The van der Waals surface area contributed by atoms with E-state index in [-0.39, 0.29) is 5.41 Å². The van der Waals surface area contributed by atoms with Crippen LogP contribution in [0.4, 0.5) is 0 Å². The SMILES string of the molecule is CCC1(C)CCN(C(=O)C2(CN)CCCCC2)CC1. The summed E-state index contributed by atoms with van der Waals surface area (Å²) in [5, 5.41) is 0. The maximum absolute atomic E-state index is 12.9. The fraction of sp³-hybridized carbons (Fsp3) is 0.938. The average Bonchev–Trinajstić information content (AvgIpc) is 2.48. The van der Waals surface area contributed by atoms with E-state index >= 15 is 0 Å². The number of nitrogens with two attached hydrogens (primary N) is 1. The average molecular weight is 266 g/mol. The molecule has 2 fully saturated rings. The largest absolute Gasteiger partial charge is 0.342 e. The molecule has 0 aromatic rings. The normalized spacial score (nSPS) is 26.2. The number of rotatable bonds is 3. The maximum Gasteiger partial charge on any atom is 0.230 e. The summed E-state index contributed by atoms with van der Waals surface area (Å²) in [5.74, 6) is 0.354. The van der Waals surface area contributed by atoms with Gasteiger partial charge in [0, 0.05) is 19.6 Å². The predicted molar refractivity (Wildman–Crippen MR) is 78.8 cm³/mol. The Hall–Kier alpha value is -0.570. The molecule has 19 heavy (non-hydrogen) atoms. The molecule has 0 bridgehead atoms. The minimum absolute atomic E-state index is 0.224. The number of hydrogen-bond acceptors (Lipinski definition) is 2. The molecule has 1 heterocycles. The van der Waals surface area contributed by atoms with Gasteiger partial charge in [0.05, 0.1) is 5.41 Å². The molecule has 0 aromatic heterocycles. The lowest BCUT2D eigenvalue weighted by Crippen LogP contribution is -2.52. The van der Waals surface area contributed by atoms with Gasteiger partial charge in [-0.15, -0.1) is 0 Å². The Labute approximate surface area is 117 Å². The van der Waals surface area contributed by atoms with Crippen molar-refractivity contribution in [2.75, 3.05) is 19.6 Å². The van der Waals surface area contributed by atoms with E-state index in [4.69, 9.17) is 5.73 Å². The van der Waals surface area contributed by atoms with E-state index in [0.29, 0.717) is 17.9 Å². The van der Waals surface area contributed by atoms with E-state index in [9.17, 15) is 4.79 Å². The third-order valence-corrected chi connectivity index (χ3v) is 5.77. The third kappa shape index (κ3) is 2.96. The Morgan fingerprint density at radius 3 is 2.16 bits per heavy atom. The summed E-state index contributed by atoms with van der Waals surface area (Å²) in [6.45, 7) is 7.03. The highest BCUT2D eigenvalue weighted by Crippen LogP contribution is 2.40. The Bertz CT molecular complexity index is 313. The molecule has 0 radical (unpaired) electrons. The van der Waals surface area contributed by atoms with Crippen LogP contribution in [-0.4, -0.2) is 30.4 Å². The van der Waals surface area contributed by atoms with Gasteiger partial charge in [-0.2, -0.15) is 0 Å². The quantitative estimate of drug-likeness (QED) is 0.853. The first-order chi connectivity index (χ1) is 9.05. The molecule has 3 heteroatoms. The molecule has 1 aliphatic heterocycles. The maximum atomic E-state index is 12.9. The van der Waals surface area contributed by atoms with Crippen LogP contribution in [0, 0.1) is 10.8 Å². The number of carbonyl (C=O) groups excluding carboxylic acids is 1. The van der Waals surface area contributed by atoms with Gasteiger partial charge < -0.3 is 10.6 Å². The summed E-state index contributed by atoms with van der Waals surface area (Å²) in [7, 11) is 0. The Morgan fingerprint density at radius 1 is 1.11 bits per heavy atom. The van der Waals surface area contributed by atoms with Gasteiger partial charge >= 0.3 is 0 Å². The first-order valence-corrected chi connectivity index (χ1v) is 8.05. The van der Waals surface area contributed by atoms with E-state index in [0.717, 1.165) is 38.8 Å². The minimum atomic E-state index is -0.224. The molecule has 2 rings (SSSR count). The van der Waals surface area contributed by atoms with Crippen LogP contribution in [0.15, 0.2) is 0 Å². The van der Waals surface area contributed by atoms with Crippen LogP contribution in [0.2, 0.25) is 0 Å². The van der Waals surface area contributed by atoms with Crippen molar-refractivity contribution in [2.24, 2.45) is 16.6 Å². The molecular weight excluding hydrogens is 236 g/mol.